The van der Waals surface area contributed by atoms with Gasteiger partial charge in [0.2, 0.25) is 0 Å². The molecule has 1 amide bonds. The molecular weight excluding hydrogens is 416 g/mol. The Labute approximate surface area is 176 Å². The minimum atomic E-state index is -0.473. The summed E-state index contributed by atoms with van der Waals surface area (Å²) >= 11 is 8.15. The third-order valence-electron chi connectivity index (χ3n) is 4.23. The molecule has 0 aliphatic carbocycles. The number of carbonyl (C=O) groups excluding carboxylic acids is 1. The zero-order valence-corrected chi connectivity index (χ0v) is 17.5. The molecule has 0 atom stereocenters. The molecule has 1 saturated heterocycles. The van der Waals surface area contributed by atoms with Gasteiger partial charge in [-0.3, -0.25) is 14.9 Å². The van der Waals surface area contributed by atoms with Gasteiger partial charge in [-0.2, -0.15) is 0 Å². The standard InChI is InChI=1S/C18H20N4O3S3/c23-17(15-6-7-16(28-15)22(24)25)20-9-11-21(12-10-20)18(26)19-8-13-27-14-4-2-1-3-5-14/h1-7H,8-13H2,(H,19,26). The Morgan fingerprint density at radius 2 is 1.82 bits per heavy atom. The van der Waals surface area contributed by atoms with Crippen LogP contribution in [0.4, 0.5) is 5.00 Å². The van der Waals surface area contributed by atoms with Crippen LogP contribution in [0.3, 0.4) is 0 Å². The summed E-state index contributed by atoms with van der Waals surface area (Å²) in [6, 6.07) is 13.1. The van der Waals surface area contributed by atoms with E-state index in [1.807, 2.05) is 18.2 Å². The molecule has 1 fully saturated rings. The molecule has 0 bridgehead atoms. The highest BCUT2D eigenvalue weighted by atomic mass is 32.2. The van der Waals surface area contributed by atoms with E-state index in [0.29, 0.717) is 36.2 Å². The lowest BCUT2D eigenvalue weighted by atomic mass is 10.3. The maximum atomic E-state index is 12.5. The van der Waals surface area contributed by atoms with Crippen molar-refractivity contribution in [1.29, 1.82) is 0 Å². The van der Waals surface area contributed by atoms with Crippen LogP contribution in [0.5, 0.6) is 0 Å². The number of piperazine rings is 1. The van der Waals surface area contributed by atoms with Gasteiger partial charge in [0.25, 0.3) is 5.91 Å². The van der Waals surface area contributed by atoms with E-state index in [1.165, 1.54) is 17.0 Å². The number of nitrogens with one attached hydrogen (secondary N) is 1. The molecule has 2 aromatic rings. The van der Waals surface area contributed by atoms with Gasteiger partial charge in [0, 0.05) is 49.4 Å². The zero-order valence-electron chi connectivity index (χ0n) is 15.1. The minimum Gasteiger partial charge on any atom is -0.362 e. The van der Waals surface area contributed by atoms with E-state index < -0.39 is 4.92 Å². The molecule has 0 unspecified atom stereocenters. The lowest BCUT2D eigenvalue weighted by Crippen LogP contribution is -2.53. The number of thiocarbonyl (C=S) groups is 1. The molecule has 0 spiro atoms. The van der Waals surface area contributed by atoms with Crippen LogP contribution in [0.25, 0.3) is 0 Å². The summed E-state index contributed by atoms with van der Waals surface area (Å²) in [6.45, 7) is 3.17. The molecule has 3 rings (SSSR count). The molecular formula is C18H20N4O3S3. The number of nitrogens with zero attached hydrogens (tertiary/aromatic N) is 3. The van der Waals surface area contributed by atoms with Crippen LogP contribution in [0.15, 0.2) is 47.4 Å². The summed E-state index contributed by atoms with van der Waals surface area (Å²) in [5.41, 5.74) is 0. The van der Waals surface area contributed by atoms with Crippen LogP contribution in [-0.2, 0) is 0 Å². The van der Waals surface area contributed by atoms with Crippen molar-refractivity contribution in [3.63, 3.8) is 0 Å². The quantitative estimate of drug-likeness (QED) is 0.245. The molecule has 0 radical (unpaired) electrons. The van der Waals surface area contributed by atoms with Gasteiger partial charge < -0.3 is 15.1 Å². The second kappa shape index (κ2) is 9.85. The van der Waals surface area contributed by atoms with E-state index in [2.05, 4.69) is 22.3 Å². The van der Waals surface area contributed by atoms with Crippen molar-refractivity contribution in [1.82, 2.24) is 15.1 Å². The number of hydrogen-bond donors (Lipinski definition) is 1. The monoisotopic (exact) mass is 436 g/mol. The Morgan fingerprint density at radius 1 is 1.14 bits per heavy atom. The summed E-state index contributed by atoms with van der Waals surface area (Å²) in [6.07, 6.45) is 0. The van der Waals surface area contributed by atoms with Crippen LogP contribution in [0, 0.1) is 10.1 Å². The van der Waals surface area contributed by atoms with Crippen molar-refractivity contribution in [2.45, 2.75) is 4.90 Å². The second-order valence-corrected chi connectivity index (χ2v) is 8.68. The van der Waals surface area contributed by atoms with Crippen molar-refractivity contribution >= 4 is 51.3 Å². The van der Waals surface area contributed by atoms with Crippen molar-refractivity contribution in [2.24, 2.45) is 0 Å². The topological polar surface area (TPSA) is 78.7 Å². The highest BCUT2D eigenvalue weighted by molar-refractivity contribution is 7.99. The molecule has 7 nitrogen and oxygen atoms in total. The largest absolute Gasteiger partial charge is 0.362 e. The van der Waals surface area contributed by atoms with Crippen LogP contribution < -0.4 is 5.32 Å². The third-order valence-corrected chi connectivity index (χ3v) is 6.67. The van der Waals surface area contributed by atoms with Gasteiger partial charge in [-0.05, 0) is 30.4 Å². The Balaban J connectivity index is 1.39. The number of thiophene rings is 1. The number of benzene rings is 1. The van der Waals surface area contributed by atoms with Gasteiger partial charge in [-0.15, -0.1) is 11.8 Å². The maximum absolute atomic E-state index is 12.5. The van der Waals surface area contributed by atoms with E-state index in [4.69, 9.17) is 12.2 Å². The molecule has 10 heteroatoms. The first-order chi connectivity index (χ1) is 13.5. The number of nitro groups is 1. The number of hydrogen-bond acceptors (Lipinski definition) is 6. The first-order valence-electron chi connectivity index (χ1n) is 8.79. The third kappa shape index (κ3) is 5.43. The highest BCUT2D eigenvalue weighted by Crippen LogP contribution is 2.25. The van der Waals surface area contributed by atoms with Gasteiger partial charge >= 0.3 is 5.00 Å². The fourth-order valence-corrected chi connectivity index (χ4v) is 4.63. The first-order valence-corrected chi connectivity index (χ1v) is 11.0. The molecule has 0 saturated carbocycles. The number of thioether (sulfide) groups is 1. The molecule has 1 aliphatic heterocycles. The van der Waals surface area contributed by atoms with E-state index in [9.17, 15) is 14.9 Å². The van der Waals surface area contributed by atoms with Gasteiger partial charge in [-0.25, -0.2) is 0 Å². The summed E-state index contributed by atoms with van der Waals surface area (Å²) in [5.74, 6) is 0.760. The fraction of sp³-hybridized carbons (Fsp3) is 0.333. The van der Waals surface area contributed by atoms with Crippen molar-refractivity contribution in [3.05, 3.63) is 57.5 Å². The summed E-state index contributed by atoms with van der Waals surface area (Å²) < 4.78 is 0. The Kier molecular flexibility index (Phi) is 7.24. The fourth-order valence-electron chi connectivity index (χ4n) is 2.76. The van der Waals surface area contributed by atoms with E-state index in [0.717, 1.165) is 23.6 Å². The van der Waals surface area contributed by atoms with Crippen molar-refractivity contribution < 1.29 is 9.72 Å². The molecule has 1 aromatic carbocycles. The van der Waals surface area contributed by atoms with Crippen LogP contribution in [0.1, 0.15) is 9.67 Å². The average molecular weight is 437 g/mol. The van der Waals surface area contributed by atoms with Crippen LogP contribution >= 0.6 is 35.3 Å². The smallest absolute Gasteiger partial charge is 0.324 e. The molecule has 1 aliphatic rings. The van der Waals surface area contributed by atoms with Gasteiger partial charge in [0.15, 0.2) is 5.11 Å². The van der Waals surface area contributed by atoms with Crippen LogP contribution in [0.2, 0.25) is 0 Å². The van der Waals surface area contributed by atoms with Crippen molar-refractivity contribution in [3.8, 4) is 0 Å². The SMILES string of the molecule is O=C(c1ccc([N+](=O)[O-])s1)N1CCN(C(=S)NCCSc2ccccc2)CC1. The number of rotatable bonds is 6. The van der Waals surface area contributed by atoms with Gasteiger partial charge in [0.1, 0.15) is 0 Å². The molecule has 148 valence electrons. The predicted octanol–water partition coefficient (Wildman–Crippen LogP) is 3.08. The average Bonchev–Trinajstić information content (AvgIpc) is 3.22. The Hall–Kier alpha value is -2.17. The Morgan fingerprint density at radius 3 is 2.46 bits per heavy atom. The van der Waals surface area contributed by atoms with Gasteiger partial charge in [-0.1, -0.05) is 29.5 Å². The lowest BCUT2D eigenvalue weighted by Gasteiger charge is -2.36. The van der Waals surface area contributed by atoms with Crippen LogP contribution in [-0.4, -0.2) is 64.2 Å². The summed E-state index contributed by atoms with van der Waals surface area (Å²) in [7, 11) is 0. The molecule has 1 aromatic heterocycles. The highest BCUT2D eigenvalue weighted by Gasteiger charge is 2.25. The predicted molar refractivity (Wildman–Crippen MR) is 116 cm³/mol. The second-order valence-electron chi connectivity index (χ2n) is 6.07. The summed E-state index contributed by atoms with van der Waals surface area (Å²) in [4.78, 5) is 28.2. The number of carbonyl (C=O) groups is 1. The minimum absolute atomic E-state index is 0.0132. The van der Waals surface area contributed by atoms with E-state index >= 15 is 0 Å². The van der Waals surface area contributed by atoms with E-state index in [-0.39, 0.29) is 10.9 Å². The molecule has 2 heterocycles. The van der Waals surface area contributed by atoms with E-state index in [1.54, 1.807) is 16.7 Å². The molecule has 1 N–H and O–H groups in total. The maximum Gasteiger partial charge on any atom is 0.324 e. The summed E-state index contributed by atoms with van der Waals surface area (Å²) in [5, 5.41) is 14.7. The normalized spacial score (nSPS) is 14.0. The molecule has 28 heavy (non-hydrogen) atoms. The first kappa shape index (κ1) is 20.6. The van der Waals surface area contributed by atoms with Crippen molar-refractivity contribution in [2.75, 3.05) is 38.5 Å². The number of amides is 1. The zero-order chi connectivity index (χ0) is 19.9. The van der Waals surface area contributed by atoms with Gasteiger partial charge in [0.05, 0.1) is 9.80 Å². The Bertz CT molecular complexity index is 836. The lowest BCUT2D eigenvalue weighted by molar-refractivity contribution is -0.380.